The molecule has 1 saturated carbocycles. The van der Waals surface area contributed by atoms with Crippen LogP contribution < -0.4 is 11.3 Å². The summed E-state index contributed by atoms with van der Waals surface area (Å²) in [6, 6.07) is 11.0. The molecule has 3 unspecified atom stereocenters. The first-order chi connectivity index (χ1) is 15.4. The lowest BCUT2D eigenvalue weighted by Crippen LogP contribution is -2.51. The van der Waals surface area contributed by atoms with Crippen LogP contribution in [0.15, 0.2) is 44.3 Å². The lowest BCUT2D eigenvalue weighted by atomic mass is 9.49. The maximum atomic E-state index is 13.5. The third-order valence-electron chi connectivity index (χ3n) is 8.74. The molecule has 178 valence electrons. The van der Waals surface area contributed by atoms with Gasteiger partial charge in [0.15, 0.2) is 0 Å². The van der Waals surface area contributed by atoms with E-state index in [4.69, 9.17) is 4.42 Å². The van der Waals surface area contributed by atoms with Gasteiger partial charge in [-0.25, -0.2) is 9.59 Å². The van der Waals surface area contributed by atoms with Crippen LogP contribution in [0.5, 0.6) is 0 Å². The van der Waals surface area contributed by atoms with Crippen molar-refractivity contribution in [3.05, 3.63) is 79.0 Å². The molecule has 3 heteroatoms. The molecule has 4 rings (SSSR count). The van der Waals surface area contributed by atoms with E-state index in [0.29, 0.717) is 17.4 Å². The monoisotopic (exact) mass is 448 g/mol. The molecule has 0 saturated heterocycles. The highest BCUT2D eigenvalue weighted by molar-refractivity contribution is 5.41. The van der Waals surface area contributed by atoms with Crippen LogP contribution in [-0.2, 0) is 11.8 Å². The van der Waals surface area contributed by atoms with Gasteiger partial charge in [-0.05, 0) is 77.5 Å². The van der Waals surface area contributed by atoms with Crippen LogP contribution in [-0.4, -0.2) is 0 Å². The quantitative estimate of drug-likeness (QED) is 0.503. The Hall–Kier alpha value is -2.16. The predicted octanol–water partition coefficient (Wildman–Crippen LogP) is 7.06. The molecule has 2 aliphatic rings. The van der Waals surface area contributed by atoms with Crippen molar-refractivity contribution in [2.24, 2.45) is 11.3 Å². The van der Waals surface area contributed by atoms with E-state index in [2.05, 4.69) is 58.9 Å². The van der Waals surface area contributed by atoms with E-state index in [1.807, 2.05) is 19.9 Å². The molecular weight excluding hydrogens is 408 g/mol. The van der Waals surface area contributed by atoms with Crippen LogP contribution in [0.3, 0.4) is 0 Å². The molecular formula is C30H40O3. The van der Waals surface area contributed by atoms with Crippen molar-refractivity contribution in [2.75, 3.05) is 0 Å². The molecule has 0 spiro atoms. The summed E-state index contributed by atoms with van der Waals surface area (Å²) in [6.45, 7) is 15.4. The van der Waals surface area contributed by atoms with Crippen molar-refractivity contribution in [3.8, 4) is 0 Å². The zero-order chi connectivity index (χ0) is 24.1. The maximum Gasteiger partial charge on any atom is 0.342 e. The van der Waals surface area contributed by atoms with Crippen LogP contribution >= 0.6 is 0 Å². The average molecular weight is 449 g/mol. The van der Waals surface area contributed by atoms with Gasteiger partial charge in [-0.2, -0.15) is 0 Å². The van der Waals surface area contributed by atoms with Crippen molar-refractivity contribution in [2.45, 2.75) is 104 Å². The zero-order valence-electron chi connectivity index (χ0n) is 21.5. The van der Waals surface area contributed by atoms with Gasteiger partial charge in [-0.3, -0.25) is 0 Å². The third-order valence-corrected chi connectivity index (χ3v) is 8.74. The third kappa shape index (κ3) is 4.24. The Bertz CT molecular complexity index is 1140. The molecule has 1 heterocycles. The molecule has 0 radical (unpaired) electrons. The molecule has 1 aromatic carbocycles. The lowest BCUT2D eigenvalue weighted by Gasteiger charge is -2.55. The normalized spacial score (nSPS) is 26.2. The average Bonchev–Trinajstić information content (AvgIpc) is 2.85. The second-order valence-electron chi connectivity index (χ2n) is 12.1. The Labute approximate surface area is 198 Å². The highest BCUT2D eigenvalue weighted by atomic mass is 16.4. The highest BCUT2D eigenvalue weighted by Gasteiger charge is 2.53. The van der Waals surface area contributed by atoms with E-state index in [1.54, 1.807) is 0 Å². The van der Waals surface area contributed by atoms with Gasteiger partial charge >= 0.3 is 11.3 Å². The Balaban J connectivity index is 1.91. The first-order valence-electron chi connectivity index (χ1n) is 12.8. The van der Waals surface area contributed by atoms with E-state index in [0.717, 1.165) is 36.8 Å². The molecule has 0 N–H and O–H groups in total. The number of fused-ring (bicyclic) bond motifs is 3. The Morgan fingerprint density at radius 1 is 0.939 bits per heavy atom. The fourth-order valence-corrected chi connectivity index (χ4v) is 6.83. The molecule has 1 fully saturated rings. The molecule has 33 heavy (non-hydrogen) atoms. The minimum atomic E-state index is -0.473. The van der Waals surface area contributed by atoms with Gasteiger partial charge in [-0.15, -0.1) is 0 Å². The topological polar surface area (TPSA) is 47.3 Å². The molecule has 0 amide bonds. The second kappa shape index (κ2) is 8.56. The summed E-state index contributed by atoms with van der Waals surface area (Å²) in [7, 11) is 0. The molecule has 3 nitrogen and oxygen atoms in total. The second-order valence-corrected chi connectivity index (χ2v) is 12.1. The minimum absolute atomic E-state index is 0.0106. The fraction of sp³-hybridized carbons (Fsp3) is 0.600. The van der Waals surface area contributed by atoms with E-state index in [-0.39, 0.29) is 22.7 Å². The van der Waals surface area contributed by atoms with E-state index in [1.165, 1.54) is 17.5 Å². The van der Waals surface area contributed by atoms with E-state index >= 15 is 0 Å². The lowest BCUT2D eigenvalue weighted by molar-refractivity contribution is 0.0307. The number of benzene rings is 1. The summed E-state index contributed by atoms with van der Waals surface area (Å²) in [5, 5.41) is 0. The SMILES string of the molecule is CC(C)c1ccc(CC2CC3C(C)(C)CCCC3(C)c3c2cc(C(C)C)c(=O)oc3=O)cc1. The van der Waals surface area contributed by atoms with Crippen molar-refractivity contribution in [1.82, 2.24) is 0 Å². The Kier molecular flexibility index (Phi) is 6.22. The fourth-order valence-electron chi connectivity index (χ4n) is 6.83. The van der Waals surface area contributed by atoms with Crippen LogP contribution in [0.4, 0.5) is 0 Å². The van der Waals surface area contributed by atoms with E-state index in [9.17, 15) is 9.59 Å². The predicted molar refractivity (Wildman–Crippen MR) is 135 cm³/mol. The summed E-state index contributed by atoms with van der Waals surface area (Å²) in [5.74, 6) is 1.10. The first kappa shape index (κ1) is 24.0. The molecule has 0 bridgehead atoms. The molecule has 0 aliphatic heterocycles. The summed E-state index contributed by atoms with van der Waals surface area (Å²) in [4.78, 5) is 26.3. The number of hydrogen-bond donors (Lipinski definition) is 0. The first-order valence-corrected chi connectivity index (χ1v) is 12.8. The van der Waals surface area contributed by atoms with Gasteiger partial charge in [-0.1, -0.05) is 79.2 Å². The summed E-state index contributed by atoms with van der Waals surface area (Å²) in [6.07, 6.45) is 5.16. The largest absolute Gasteiger partial charge is 0.386 e. The summed E-state index contributed by atoms with van der Waals surface area (Å²) in [5.41, 5.74) is 4.09. The molecule has 3 atom stereocenters. The van der Waals surface area contributed by atoms with Crippen molar-refractivity contribution >= 4 is 0 Å². The standard InChI is InChI=1S/C30H40O3/c1-18(2)21-11-9-20(10-12-21)15-22-16-25-29(5,6)13-8-14-30(25,7)26-24(22)17-23(19(3)4)27(31)33-28(26)32/h9-12,17-19,22,25H,8,13-16H2,1-7H3. The van der Waals surface area contributed by atoms with Crippen LogP contribution in [0.2, 0.25) is 0 Å². The Morgan fingerprint density at radius 2 is 1.61 bits per heavy atom. The van der Waals surface area contributed by atoms with Gasteiger partial charge in [0, 0.05) is 16.5 Å². The Morgan fingerprint density at radius 3 is 2.21 bits per heavy atom. The van der Waals surface area contributed by atoms with Gasteiger partial charge in [0.25, 0.3) is 0 Å². The van der Waals surface area contributed by atoms with E-state index < -0.39 is 11.3 Å². The van der Waals surface area contributed by atoms with Gasteiger partial charge in [0.2, 0.25) is 0 Å². The van der Waals surface area contributed by atoms with Crippen molar-refractivity contribution in [3.63, 3.8) is 0 Å². The highest BCUT2D eigenvalue weighted by Crippen LogP contribution is 2.59. The number of rotatable bonds is 4. The summed E-state index contributed by atoms with van der Waals surface area (Å²) < 4.78 is 5.47. The van der Waals surface area contributed by atoms with Gasteiger partial charge < -0.3 is 4.42 Å². The van der Waals surface area contributed by atoms with Crippen LogP contribution in [0, 0.1) is 11.3 Å². The van der Waals surface area contributed by atoms with Gasteiger partial charge in [0.05, 0.1) is 0 Å². The minimum Gasteiger partial charge on any atom is -0.386 e. The van der Waals surface area contributed by atoms with Gasteiger partial charge in [0.1, 0.15) is 0 Å². The van der Waals surface area contributed by atoms with Crippen molar-refractivity contribution < 1.29 is 4.42 Å². The summed E-state index contributed by atoms with van der Waals surface area (Å²) >= 11 is 0. The number of hydrogen-bond acceptors (Lipinski definition) is 3. The molecule has 2 aliphatic carbocycles. The molecule has 2 aromatic rings. The zero-order valence-corrected chi connectivity index (χ0v) is 21.5. The van der Waals surface area contributed by atoms with Crippen LogP contribution in [0.25, 0.3) is 0 Å². The molecule has 1 aromatic heterocycles. The van der Waals surface area contributed by atoms with Crippen LogP contribution in [0.1, 0.15) is 120 Å². The smallest absolute Gasteiger partial charge is 0.342 e. The maximum absolute atomic E-state index is 13.5. The van der Waals surface area contributed by atoms with Crippen molar-refractivity contribution in [1.29, 1.82) is 0 Å².